The number of hydrogen-bond acceptors (Lipinski definition) is 1. The third-order valence-electron chi connectivity index (χ3n) is 2.05. The van der Waals surface area contributed by atoms with E-state index in [-0.39, 0.29) is 5.02 Å². The van der Waals surface area contributed by atoms with Crippen molar-refractivity contribution in [2.45, 2.75) is 19.3 Å². The summed E-state index contributed by atoms with van der Waals surface area (Å²) in [5, 5.41) is 8.84. The lowest BCUT2D eigenvalue weighted by Crippen LogP contribution is -2.10. The molecule has 1 atom stereocenters. The molecule has 1 aromatic carbocycles. The molecule has 0 aliphatic carbocycles. The van der Waals surface area contributed by atoms with Crippen molar-refractivity contribution >= 4 is 17.6 Å². The minimum absolute atomic E-state index is 0.00833. The molecule has 1 N–H and O–H groups in total. The summed E-state index contributed by atoms with van der Waals surface area (Å²) in [6.07, 6.45) is 0.427. The summed E-state index contributed by atoms with van der Waals surface area (Å²) >= 11 is 5.49. The molecule has 76 valence electrons. The third-order valence-corrected chi connectivity index (χ3v) is 2.36. The Morgan fingerprint density at radius 3 is 2.71 bits per heavy atom. The maximum atomic E-state index is 13.0. The quantitative estimate of drug-likeness (QED) is 0.843. The number of rotatable bonds is 3. The Hall–Kier alpha value is -1.09. The van der Waals surface area contributed by atoms with Crippen molar-refractivity contribution in [2.75, 3.05) is 0 Å². The van der Waals surface area contributed by atoms with Gasteiger partial charge in [0.15, 0.2) is 0 Å². The van der Waals surface area contributed by atoms with Gasteiger partial charge in [-0.2, -0.15) is 0 Å². The SMILES string of the molecule is CCC(C(=O)O)c1ccc(Cl)c(F)c1. The predicted octanol–water partition coefficient (Wildman–Crippen LogP) is 3.06. The molecule has 0 aromatic heterocycles. The largest absolute Gasteiger partial charge is 0.481 e. The van der Waals surface area contributed by atoms with Gasteiger partial charge in [0, 0.05) is 0 Å². The Morgan fingerprint density at radius 1 is 1.64 bits per heavy atom. The highest BCUT2D eigenvalue weighted by atomic mass is 35.5. The summed E-state index contributed by atoms with van der Waals surface area (Å²) in [7, 11) is 0. The fourth-order valence-corrected chi connectivity index (χ4v) is 1.40. The van der Waals surface area contributed by atoms with E-state index in [1.54, 1.807) is 6.92 Å². The van der Waals surface area contributed by atoms with Crippen LogP contribution in [0.15, 0.2) is 18.2 Å². The van der Waals surface area contributed by atoms with E-state index >= 15 is 0 Å². The molecule has 1 aromatic rings. The maximum absolute atomic E-state index is 13.0. The standard InChI is InChI=1S/C10H10ClFO2/c1-2-7(10(13)14)6-3-4-8(11)9(12)5-6/h3-5,7H,2H2,1H3,(H,13,14). The summed E-state index contributed by atoms with van der Waals surface area (Å²) in [4.78, 5) is 10.8. The zero-order valence-corrected chi connectivity index (χ0v) is 8.38. The van der Waals surface area contributed by atoms with Gasteiger partial charge >= 0.3 is 5.97 Å². The van der Waals surface area contributed by atoms with Gasteiger partial charge in [0.25, 0.3) is 0 Å². The van der Waals surface area contributed by atoms with Crippen molar-refractivity contribution < 1.29 is 14.3 Å². The summed E-state index contributed by atoms with van der Waals surface area (Å²) in [6, 6.07) is 4.08. The van der Waals surface area contributed by atoms with Gasteiger partial charge in [0.2, 0.25) is 0 Å². The lowest BCUT2D eigenvalue weighted by atomic mass is 9.97. The van der Waals surface area contributed by atoms with Crippen LogP contribution in [0.5, 0.6) is 0 Å². The topological polar surface area (TPSA) is 37.3 Å². The van der Waals surface area contributed by atoms with E-state index in [0.717, 1.165) is 0 Å². The van der Waals surface area contributed by atoms with Crippen molar-refractivity contribution in [3.05, 3.63) is 34.6 Å². The first-order valence-corrected chi connectivity index (χ1v) is 4.61. The fraction of sp³-hybridized carbons (Fsp3) is 0.300. The highest BCUT2D eigenvalue weighted by Crippen LogP contribution is 2.23. The normalized spacial score (nSPS) is 12.5. The molecule has 1 unspecified atom stereocenters. The number of benzene rings is 1. The van der Waals surface area contributed by atoms with Crippen LogP contribution < -0.4 is 0 Å². The van der Waals surface area contributed by atoms with Gasteiger partial charge in [-0.3, -0.25) is 4.79 Å². The van der Waals surface area contributed by atoms with Crippen molar-refractivity contribution in [1.82, 2.24) is 0 Å². The molecule has 0 saturated carbocycles. The van der Waals surface area contributed by atoms with E-state index in [2.05, 4.69) is 0 Å². The number of hydrogen-bond donors (Lipinski definition) is 1. The lowest BCUT2D eigenvalue weighted by Gasteiger charge is -2.10. The van der Waals surface area contributed by atoms with E-state index < -0.39 is 17.7 Å². The number of carboxylic acid groups (broad SMARTS) is 1. The highest BCUT2D eigenvalue weighted by molar-refractivity contribution is 6.30. The molecule has 0 amide bonds. The number of carbonyl (C=O) groups is 1. The zero-order chi connectivity index (χ0) is 10.7. The average molecular weight is 217 g/mol. The van der Waals surface area contributed by atoms with Crippen LogP contribution in [0.4, 0.5) is 4.39 Å². The van der Waals surface area contributed by atoms with Crippen LogP contribution in [-0.2, 0) is 4.79 Å². The van der Waals surface area contributed by atoms with Gasteiger partial charge in [-0.25, -0.2) is 4.39 Å². The summed E-state index contributed by atoms with van der Waals surface area (Å²) in [5.74, 6) is -2.19. The van der Waals surface area contributed by atoms with Gasteiger partial charge in [0.05, 0.1) is 10.9 Å². The first-order valence-electron chi connectivity index (χ1n) is 4.24. The van der Waals surface area contributed by atoms with Crippen molar-refractivity contribution in [3.63, 3.8) is 0 Å². The van der Waals surface area contributed by atoms with E-state index in [4.69, 9.17) is 16.7 Å². The Morgan fingerprint density at radius 2 is 2.29 bits per heavy atom. The molecule has 0 spiro atoms. The number of halogens is 2. The van der Waals surface area contributed by atoms with Crippen LogP contribution in [0.25, 0.3) is 0 Å². The summed E-state index contributed by atoms with van der Waals surface area (Å²) in [6.45, 7) is 1.74. The molecule has 0 saturated heterocycles. The smallest absolute Gasteiger partial charge is 0.310 e. The number of carboxylic acids is 1. The Labute approximate surface area is 86.3 Å². The first-order chi connectivity index (χ1) is 6.56. The minimum atomic E-state index is -0.950. The molecule has 2 nitrogen and oxygen atoms in total. The maximum Gasteiger partial charge on any atom is 0.310 e. The molecule has 0 aliphatic rings. The van der Waals surface area contributed by atoms with Crippen molar-refractivity contribution in [2.24, 2.45) is 0 Å². The van der Waals surface area contributed by atoms with Crippen LogP contribution in [0.3, 0.4) is 0 Å². The monoisotopic (exact) mass is 216 g/mol. The lowest BCUT2D eigenvalue weighted by molar-refractivity contribution is -0.138. The summed E-state index contributed by atoms with van der Waals surface area (Å²) < 4.78 is 13.0. The molecule has 0 radical (unpaired) electrons. The van der Waals surface area contributed by atoms with Crippen LogP contribution >= 0.6 is 11.6 Å². The van der Waals surface area contributed by atoms with Gasteiger partial charge in [-0.05, 0) is 24.1 Å². The van der Waals surface area contributed by atoms with Crippen molar-refractivity contribution in [1.29, 1.82) is 0 Å². The Kier molecular flexibility index (Phi) is 3.47. The van der Waals surface area contributed by atoms with Gasteiger partial charge in [-0.1, -0.05) is 24.6 Å². The highest BCUT2D eigenvalue weighted by Gasteiger charge is 2.18. The Bertz CT molecular complexity index is 352. The minimum Gasteiger partial charge on any atom is -0.481 e. The van der Waals surface area contributed by atoms with Gasteiger partial charge < -0.3 is 5.11 Å². The molecule has 0 bridgehead atoms. The van der Waals surface area contributed by atoms with Crippen LogP contribution in [0.2, 0.25) is 5.02 Å². The molecule has 4 heteroatoms. The molecule has 0 fully saturated rings. The molecular formula is C10H10ClFO2. The second kappa shape index (κ2) is 4.42. The molecule has 0 aliphatic heterocycles. The van der Waals surface area contributed by atoms with E-state index in [9.17, 15) is 9.18 Å². The second-order valence-electron chi connectivity index (χ2n) is 2.97. The predicted molar refractivity (Wildman–Crippen MR) is 52.1 cm³/mol. The third kappa shape index (κ3) is 2.23. The van der Waals surface area contributed by atoms with Gasteiger partial charge in [0.1, 0.15) is 5.82 Å². The second-order valence-corrected chi connectivity index (χ2v) is 3.38. The average Bonchev–Trinajstić information content (AvgIpc) is 2.11. The van der Waals surface area contributed by atoms with E-state index in [1.807, 2.05) is 0 Å². The summed E-state index contributed by atoms with van der Waals surface area (Å²) in [5.41, 5.74) is 0.446. The molecular weight excluding hydrogens is 207 g/mol. The van der Waals surface area contributed by atoms with Crippen LogP contribution in [0.1, 0.15) is 24.8 Å². The van der Waals surface area contributed by atoms with Crippen molar-refractivity contribution in [3.8, 4) is 0 Å². The molecule has 1 rings (SSSR count). The van der Waals surface area contributed by atoms with E-state index in [1.165, 1.54) is 18.2 Å². The Balaban J connectivity index is 3.06. The first kappa shape index (κ1) is 11.0. The van der Waals surface area contributed by atoms with Crippen LogP contribution in [0, 0.1) is 5.82 Å². The molecule has 0 heterocycles. The zero-order valence-electron chi connectivity index (χ0n) is 7.63. The van der Waals surface area contributed by atoms with E-state index in [0.29, 0.717) is 12.0 Å². The van der Waals surface area contributed by atoms with Gasteiger partial charge in [-0.15, -0.1) is 0 Å². The number of aliphatic carboxylic acids is 1. The fourth-order valence-electron chi connectivity index (χ4n) is 1.28. The molecule has 14 heavy (non-hydrogen) atoms. The van der Waals surface area contributed by atoms with Crippen LogP contribution in [-0.4, -0.2) is 11.1 Å².